The summed E-state index contributed by atoms with van der Waals surface area (Å²) in [5.74, 6) is 0.690. The van der Waals surface area contributed by atoms with E-state index in [-0.39, 0.29) is 23.1 Å². The number of aryl methyl sites for hydroxylation is 1. The van der Waals surface area contributed by atoms with Gasteiger partial charge in [0.05, 0.1) is 11.2 Å². The first-order valence-electron chi connectivity index (χ1n) is 10.7. The summed E-state index contributed by atoms with van der Waals surface area (Å²) in [5, 5.41) is 10.6. The molecule has 0 saturated carbocycles. The molecule has 2 heterocycles. The predicted molar refractivity (Wildman–Crippen MR) is 124 cm³/mol. The number of carbonyl (C=O) groups is 1. The molecule has 0 unspecified atom stereocenters. The van der Waals surface area contributed by atoms with Gasteiger partial charge in [0.15, 0.2) is 0 Å². The van der Waals surface area contributed by atoms with Gasteiger partial charge in [0.25, 0.3) is 11.5 Å². The van der Waals surface area contributed by atoms with Gasteiger partial charge in [-0.3, -0.25) is 9.59 Å². The van der Waals surface area contributed by atoms with Gasteiger partial charge in [-0.05, 0) is 30.3 Å². The summed E-state index contributed by atoms with van der Waals surface area (Å²) in [5.41, 5.74) is 2.07. The zero-order chi connectivity index (χ0) is 22.8. The number of hydrogen-bond acceptors (Lipinski definition) is 5. The van der Waals surface area contributed by atoms with Crippen LogP contribution in [0.15, 0.2) is 53.3 Å². The van der Waals surface area contributed by atoms with Gasteiger partial charge in [0.1, 0.15) is 23.5 Å². The summed E-state index contributed by atoms with van der Waals surface area (Å²) in [6, 6.07) is 17.0. The highest BCUT2D eigenvalue weighted by molar-refractivity contribution is 5.95. The summed E-state index contributed by atoms with van der Waals surface area (Å²) in [6.07, 6.45) is 1.57. The van der Waals surface area contributed by atoms with Gasteiger partial charge in [-0.25, -0.2) is 0 Å². The smallest absolute Gasteiger partial charge is 0.270 e. The van der Waals surface area contributed by atoms with E-state index in [2.05, 4.69) is 11.0 Å². The van der Waals surface area contributed by atoms with Crippen LogP contribution in [0.3, 0.4) is 0 Å². The molecular formula is C25H26N4O3. The minimum Gasteiger partial charge on any atom is -0.490 e. The number of amides is 1. The average Bonchev–Trinajstić information content (AvgIpc) is 2.82. The van der Waals surface area contributed by atoms with Crippen LogP contribution in [0.1, 0.15) is 28.8 Å². The summed E-state index contributed by atoms with van der Waals surface area (Å²) in [6.45, 7) is 1.38. The Labute approximate surface area is 187 Å². The number of piperidine rings is 1. The fourth-order valence-corrected chi connectivity index (χ4v) is 4.23. The number of benzene rings is 2. The second-order valence-corrected chi connectivity index (χ2v) is 8.24. The van der Waals surface area contributed by atoms with Gasteiger partial charge in [0.2, 0.25) is 0 Å². The van der Waals surface area contributed by atoms with Crippen LogP contribution in [0.25, 0.3) is 10.9 Å². The van der Waals surface area contributed by atoms with Crippen molar-refractivity contribution in [1.82, 2.24) is 9.47 Å². The molecule has 2 aromatic carbocycles. The molecule has 7 nitrogen and oxygen atoms in total. The number of carbonyl (C=O) groups excluding carboxylic acids is 1. The number of rotatable bonds is 4. The third-order valence-corrected chi connectivity index (χ3v) is 5.96. The lowest BCUT2D eigenvalue weighted by Gasteiger charge is -2.35. The van der Waals surface area contributed by atoms with Gasteiger partial charge in [-0.15, -0.1) is 0 Å². The molecule has 7 heteroatoms. The summed E-state index contributed by atoms with van der Waals surface area (Å²) < 4.78 is 7.68. The number of anilines is 1. The SMILES string of the molecule is CN(C)C(=O)c1ccc(OC2CCN(c3c(C#N)c(=O)n(C)c4ccccc34)CC2)cc1. The number of aromatic nitrogens is 1. The fraction of sp³-hybridized carbons (Fsp3) is 0.320. The van der Waals surface area contributed by atoms with Crippen LogP contribution in [0.4, 0.5) is 5.69 Å². The van der Waals surface area contributed by atoms with E-state index in [4.69, 9.17) is 4.74 Å². The van der Waals surface area contributed by atoms with Crippen LogP contribution in [-0.2, 0) is 7.05 Å². The van der Waals surface area contributed by atoms with Crippen LogP contribution in [0, 0.1) is 11.3 Å². The predicted octanol–water partition coefficient (Wildman–Crippen LogP) is 3.16. The maximum Gasteiger partial charge on any atom is 0.270 e. The van der Waals surface area contributed by atoms with Crippen molar-refractivity contribution in [3.05, 3.63) is 70.0 Å². The van der Waals surface area contributed by atoms with E-state index >= 15 is 0 Å². The lowest BCUT2D eigenvalue weighted by atomic mass is 10.0. The normalized spacial score (nSPS) is 14.2. The number of para-hydroxylation sites is 1. The van der Waals surface area contributed by atoms with E-state index in [0.29, 0.717) is 18.7 Å². The molecule has 0 bridgehead atoms. The highest BCUT2D eigenvalue weighted by Crippen LogP contribution is 2.31. The zero-order valence-electron chi connectivity index (χ0n) is 18.5. The zero-order valence-corrected chi connectivity index (χ0v) is 18.5. The molecule has 32 heavy (non-hydrogen) atoms. The van der Waals surface area contributed by atoms with Crippen molar-refractivity contribution in [3.63, 3.8) is 0 Å². The molecule has 1 fully saturated rings. The van der Waals surface area contributed by atoms with Crippen molar-refractivity contribution in [1.29, 1.82) is 5.26 Å². The van der Waals surface area contributed by atoms with Crippen molar-refractivity contribution in [2.45, 2.75) is 18.9 Å². The Balaban J connectivity index is 1.51. The number of fused-ring (bicyclic) bond motifs is 1. The van der Waals surface area contributed by atoms with Crippen LogP contribution in [0.2, 0.25) is 0 Å². The largest absolute Gasteiger partial charge is 0.490 e. The number of ether oxygens (including phenoxy) is 1. The van der Waals surface area contributed by atoms with E-state index in [1.807, 2.05) is 36.4 Å². The monoisotopic (exact) mass is 430 g/mol. The van der Waals surface area contributed by atoms with Gasteiger partial charge in [-0.1, -0.05) is 18.2 Å². The van der Waals surface area contributed by atoms with Crippen molar-refractivity contribution >= 4 is 22.5 Å². The maximum absolute atomic E-state index is 12.8. The lowest BCUT2D eigenvalue weighted by molar-refractivity contribution is 0.0827. The van der Waals surface area contributed by atoms with E-state index < -0.39 is 0 Å². The van der Waals surface area contributed by atoms with Gasteiger partial charge < -0.3 is 19.1 Å². The second-order valence-electron chi connectivity index (χ2n) is 8.24. The van der Waals surface area contributed by atoms with Crippen LogP contribution in [0.5, 0.6) is 5.75 Å². The molecule has 1 aliphatic heterocycles. The highest BCUT2D eigenvalue weighted by Gasteiger charge is 2.26. The van der Waals surface area contributed by atoms with Crippen molar-refractivity contribution in [3.8, 4) is 11.8 Å². The first-order chi connectivity index (χ1) is 15.4. The quantitative estimate of drug-likeness (QED) is 0.635. The molecule has 1 aliphatic rings. The third kappa shape index (κ3) is 3.92. The Morgan fingerprint density at radius 2 is 1.75 bits per heavy atom. The Morgan fingerprint density at radius 1 is 1.09 bits per heavy atom. The minimum absolute atomic E-state index is 0.0324. The number of hydrogen-bond donors (Lipinski definition) is 0. The van der Waals surface area contributed by atoms with Crippen molar-refractivity contribution < 1.29 is 9.53 Å². The van der Waals surface area contributed by atoms with E-state index in [9.17, 15) is 14.9 Å². The first-order valence-corrected chi connectivity index (χ1v) is 10.7. The lowest BCUT2D eigenvalue weighted by Crippen LogP contribution is -2.40. The number of pyridine rings is 1. The van der Waals surface area contributed by atoms with Crippen molar-refractivity contribution in [2.75, 3.05) is 32.1 Å². The molecular weight excluding hydrogens is 404 g/mol. The Kier molecular flexibility index (Phi) is 5.87. The van der Waals surface area contributed by atoms with Gasteiger partial charge >= 0.3 is 0 Å². The topological polar surface area (TPSA) is 78.6 Å². The molecule has 3 aromatic rings. The summed E-state index contributed by atoms with van der Waals surface area (Å²) in [4.78, 5) is 28.5. The van der Waals surface area contributed by atoms with Crippen LogP contribution in [-0.4, -0.2) is 48.7 Å². The fourth-order valence-electron chi connectivity index (χ4n) is 4.23. The third-order valence-electron chi connectivity index (χ3n) is 5.96. The standard InChI is InChI=1S/C25H26N4O3/c1-27(2)24(30)17-8-10-18(11-9-17)32-19-12-14-29(15-13-19)23-20-6-4-5-7-22(20)28(3)25(31)21(23)16-26/h4-11,19H,12-15H2,1-3H3. The summed E-state index contributed by atoms with van der Waals surface area (Å²) in [7, 11) is 5.15. The molecule has 0 N–H and O–H groups in total. The summed E-state index contributed by atoms with van der Waals surface area (Å²) >= 11 is 0. The van der Waals surface area contributed by atoms with Gasteiger partial charge in [0, 0.05) is 58.0 Å². The molecule has 0 spiro atoms. The molecule has 0 aliphatic carbocycles. The van der Waals surface area contributed by atoms with Crippen LogP contribution >= 0.6 is 0 Å². The Morgan fingerprint density at radius 3 is 2.38 bits per heavy atom. The molecule has 4 rings (SSSR count). The van der Waals surface area contributed by atoms with E-state index in [1.54, 1.807) is 38.2 Å². The molecule has 164 valence electrons. The maximum atomic E-state index is 12.8. The van der Waals surface area contributed by atoms with Crippen molar-refractivity contribution in [2.24, 2.45) is 7.05 Å². The number of nitriles is 1. The molecule has 1 saturated heterocycles. The number of nitrogens with zero attached hydrogens (tertiary/aromatic N) is 4. The molecule has 1 amide bonds. The van der Waals surface area contributed by atoms with E-state index in [0.717, 1.165) is 35.2 Å². The first kappa shape index (κ1) is 21.4. The molecule has 1 aromatic heterocycles. The van der Waals surface area contributed by atoms with Crippen LogP contribution < -0.4 is 15.2 Å². The average molecular weight is 431 g/mol. The minimum atomic E-state index is -0.271. The van der Waals surface area contributed by atoms with Gasteiger partial charge in [-0.2, -0.15) is 5.26 Å². The Hall–Kier alpha value is -3.79. The molecule has 0 radical (unpaired) electrons. The Bertz CT molecular complexity index is 1250. The van der Waals surface area contributed by atoms with E-state index in [1.165, 1.54) is 4.57 Å². The molecule has 0 atom stereocenters. The second kappa shape index (κ2) is 8.75. The highest BCUT2D eigenvalue weighted by atomic mass is 16.5.